The van der Waals surface area contributed by atoms with Gasteiger partial charge in [0.15, 0.2) is 0 Å². The van der Waals surface area contributed by atoms with Gasteiger partial charge in [0.05, 0.1) is 16.8 Å². The van der Waals surface area contributed by atoms with Crippen molar-refractivity contribution in [2.24, 2.45) is 0 Å². The second kappa shape index (κ2) is 8.82. The summed E-state index contributed by atoms with van der Waals surface area (Å²) in [4.78, 5) is 36.5. The number of hydrogen-bond donors (Lipinski definition) is 2. The maximum Gasteiger partial charge on any atom is 0.419 e. The lowest BCUT2D eigenvalue weighted by atomic mass is 9.90. The lowest BCUT2D eigenvalue weighted by molar-refractivity contribution is -0.133. The highest BCUT2D eigenvalue weighted by molar-refractivity contribution is 6.32. The molecular formula is C20H21ClFNO6. The van der Waals surface area contributed by atoms with Crippen molar-refractivity contribution >= 4 is 35.3 Å². The Labute approximate surface area is 171 Å². The highest BCUT2D eigenvalue weighted by atomic mass is 35.5. The van der Waals surface area contributed by atoms with E-state index in [-0.39, 0.29) is 45.8 Å². The van der Waals surface area contributed by atoms with Crippen LogP contribution in [-0.4, -0.2) is 34.3 Å². The van der Waals surface area contributed by atoms with E-state index in [0.717, 1.165) is 37.8 Å². The fraction of sp³-hybridized carbons (Fsp3) is 0.450. The van der Waals surface area contributed by atoms with Crippen LogP contribution in [0.15, 0.2) is 23.3 Å². The van der Waals surface area contributed by atoms with E-state index in [1.165, 1.54) is 0 Å². The Hall–Kier alpha value is -2.61. The van der Waals surface area contributed by atoms with Crippen molar-refractivity contribution in [1.29, 1.82) is 0 Å². The number of rotatable bonds is 5. The number of imide groups is 1. The third kappa shape index (κ3) is 4.53. The normalized spacial score (nSPS) is 17.3. The van der Waals surface area contributed by atoms with Gasteiger partial charge in [0, 0.05) is 17.2 Å². The average Bonchev–Trinajstić information content (AvgIpc) is 3.18. The van der Waals surface area contributed by atoms with E-state index in [1.807, 2.05) is 0 Å². The van der Waals surface area contributed by atoms with Crippen molar-refractivity contribution in [3.05, 3.63) is 34.1 Å². The molecule has 2 aliphatic rings. The zero-order chi connectivity index (χ0) is 21.1. The molecule has 1 saturated carbocycles. The van der Waals surface area contributed by atoms with Crippen LogP contribution in [-0.2, 0) is 9.59 Å². The van der Waals surface area contributed by atoms with E-state index in [0.29, 0.717) is 12.8 Å². The van der Waals surface area contributed by atoms with Crippen molar-refractivity contribution < 1.29 is 33.7 Å². The van der Waals surface area contributed by atoms with Crippen molar-refractivity contribution in [3.63, 3.8) is 0 Å². The maximum atomic E-state index is 14.6. The molecule has 0 heterocycles. The summed E-state index contributed by atoms with van der Waals surface area (Å²) in [5, 5.41) is 18.9. The zero-order valence-electron chi connectivity index (χ0n) is 15.6. The number of benzene rings is 1. The summed E-state index contributed by atoms with van der Waals surface area (Å²) in [6, 6.07) is 1.99. The van der Waals surface area contributed by atoms with Crippen LogP contribution in [0.5, 0.6) is 5.75 Å². The number of anilines is 1. The van der Waals surface area contributed by atoms with Crippen molar-refractivity contribution in [2.75, 3.05) is 4.90 Å². The third-order valence-electron chi connectivity index (χ3n) is 5.22. The second-order valence-electron chi connectivity index (χ2n) is 7.15. The molecule has 9 heteroatoms. The van der Waals surface area contributed by atoms with Gasteiger partial charge in [-0.3, -0.25) is 4.79 Å². The third-order valence-corrected chi connectivity index (χ3v) is 5.51. The Morgan fingerprint density at radius 2 is 1.66 bits per heavy atom. The molecule has 2 aliphatic carbocycles. The highest BCUT2D eigenvalue weighted by Crippen LogP contribution is 2.37. The Morgan fingerprint density at radius 1 is 1.03 bits per heavy atom. The number of aliphatic carboxylic acids is 1. The molecule has 0 bridgehead atoms. The predicted octanol–water partition coefficient (Wildman–Crippen LogP) is 4.77. The molecule has 7 nitrogen and oxygen atoms in total. The van der Waals surface area contributed by atoms with Gasteiger partial charge in [0.1, 0.15) is 11.6 Å². The fourth-order valence-corrected chi connectivity index (χ4v) is 3.97. The number of halogens is 2. The molecule has 29 heavy (non-hydrogen) atoms. The molecule has 0 saturated heterocycles. The summed E-state index contributed by atoms with van der Waals surface area (Å²) >= 11 is 6.05. The van der Waals surface area contributed by atoms with Crippen molar-refractivity contribution in [3.8, 4) is 5.75 Å². The van der Waals surface area contributed by atoms with E-state index in [9.17, 15) is 29.0 Å². The molecular weight excluding hydrogens is 405 g/mol. The van der Waals surface area contributed by atoms with Gasteiger partial charge in [-0.1, -0.05) is 11.6 Å². The summed E-state index contributed by atoms with van der Waals surface area (Å²) < 4.78 is 20.4. The van der Waals surface area contributed by atoms with Crippen LogP contribution in [0.25, 0.3) is 0 Å². The molecule has 1 fully saturated rings. The first-order chi connectivity index (χ1) is 13.8. The van der Waals surface area contributed by atoms with E-state index in [4.69, 9.17) is 16.3 Å². The molecule has 0 aliphatic heterocycles. The number of ether oxygens (including phenoxy) is 1. The topological polar surface area (TPSA) is 104 Å². The number of amides is 2. The summed E-state index contributed by atoms with van der Waals surface area (Å²) in [6.07, 6.45) is 3.16. The minimum absolute atomic E-state index is 0.0287. The fourth-order valence-electron chi connectivity index (χ4n) is 3.78. The molecule has 1 aromatic carbocycles. The van der Waals surface area contributed by atoms with E-state index in [2.05, 4.69) is 0 Å². The molecule has 0 radical (unpaired) electrons. The minimum atomic E-state index is -1.72. The lowest BCUT2D eigenvalue weighted by Crippen LogP contribution is -2.39. The Balaban J connectivity index is 2.01. The van der Waals surface area contributed by atoms with E-state index < -0.39 is 29.5 Å². The minimum Gasteiger partial charge on any atom is -0.489 e. The molecule has 0 aromatic heterocycles. The molecule has 3 rings (SSSR count). The van der Waals surface area contributed by atoms with E-state index >= 15 is 0 Å². The second-order valence-corrected chi connectivity index (χ2v) is 7.56. The number of hydrogen-bond acceptors (Lipinski definition) is 4. The average molecular weight is 426 g/mol. The van der Waals surface area contributed by atoms with Crippen LogP contribution < -0.4 is 9.64 Å². The first kappa shape index (κ1) is 21.1. The highest BCUT2D eigenvalue weighted by Gasteiger charge is 2.33. The van der Waals surface area contributed by atoms with Gasteiger partial charge < -0.3 is 14.9 Å². The molecule has 0 unspecified atom stereocenters. The van der Waals surface area contributed by atoms with Gasteiger partial charge in [0.2, 0.25) is 0 Å². The van der Waals surface area contributed by atoms with Gasteiger partial charge in [-0.25, -0.2) is 18.9 Å². The van der Waals surface area contributed by atoms with Crippen LogP contribution in [0.3, 0.4) is 0 Å². The van der Waals surface area contributed by atoms with Gasteiger partial charge in [0.25, 0.3) is 5.91 Å². The molecule has 2 amide bonds. The largest absolute Gasteiger partial charge is 0.489 e. The monoisotopic (exact) mass is 425 g/mol. The summed E-state index contributed by atoms with van der Waals surface area (Å²) in [5.74, 6) is -3.27. The van der Waals surface area contributed by atoms with Crippen LogP contribution in [0.2, 0.25) is 5.02 Å². The summed E-state index contributed by atoms with van der Waals surface area (Å²) in [7, 11) is 0. The number of nitrogens with zero attached hydrogens (tertiary/aromatic N) is 1. The SMILES string of the molecule is O=C(O)C1=C(C(=O)N(C(=O)O)c2cc(OC3CCCC3)c(Cl)cc2F)CCCC1. The molecule has 0 atom stereocenters. The van der Waals surface area contributed by atoms with Gasteiger partial charge in [-0.15, -0.1) is 0 Å². The first-order valence-electron chi connectivity index (χ1n) is 9.48. The molecule has 156 valence electrons. The van der Waals surface area contributed by atoms with E-state index in [1.54, 1.807) is 0 Å². The van der Waals surface area contributed by atoms with Crippen LogP contribution in [0.1, 0.15) is 51.4 Å². The Bertz CT molecular complexity index is 878. The standard InChI is InChI=1S/C20H21ClFNO6/c21-14-9-15(22)16(10-17(14)29-11-5-1-2-6-11)23(20(27)28)18(24)12-7-3-4-8-13(12)19(25)26/h9-11H,1-8H2,(H,25,26)(H,27,28). The predicted molar refractivity (Wildman–Crippen MR) is 103 cm³/mol. The van der Waals surface area contributed by atoms with Crippen LogP contribution in [0.4, 0.5) is 14.9 Å². The van der Waals surface area contributed by atoms with Crippen LogP contribution in [0, 0.1) is 5.82 Å². The summed E-state index contributed by atoms with van der Waals surface area (Å²) in [6.45, 7) is 0. The van der Waals surface area contributed by atoms with Crippen molar-refractivity contribution in [1.82, 2.24) is 0 Å². The number of carbonyl (C=O) groups is 3. The van der Waals surface area contributed by atoms with Crippen LogP contribution >= 0.6 is 11.6 Å². The summed E-state index contributed by atoms with van der Waals surface area (Å²) in [5.41, 5.74) is -0.800. The Kier molecular flexibility index (Phi) is 6.42. The van der Waals surface area contributed by atoms with Gasteiger partial charge in [-0.05, 0) is 57.4 Å². The molecule has 2 N–H and O–H groups in total. The van der Waals surface area contributed by atoms with Gasteiger partial charge >= 0.3 is 12.1 Å². The maximum absolute atomic E-state index is 14.6. The molecule has 1 aromatic rings. The first-order valence-corrected chi connectivity index (χ1v) is 9.85. The number of carbonyl (C=O) groups excluding carboxylic acids is 1. The zero-order valence-corrected chi connectivity index (χ0v) is 16.4. The quantitative estimate of drug-likeness (QED) is 0.704. The van der Waals surface area contributed by atoms with Gasteiger partial charge in [-0.2, -0.15) is 0 Å². The van der Waals surface area contributed by atoms with Crippen molar-refractivity contribution in [2.45, 2.75) is 57.5 Å². The number of carboxylic acids is 1. The number of carboxylic acid groups (broad SMARTS) is 2. The Morgan fingerprint density at radius 3 is 2.24 bits per heavy atom. The smallest absolute Gasteiger partial charge is 0.419 e. The molecule has 0 spiro atoms. The lowest BCUT2D eigenvalue weighted by Gasteiger charge is -2.24.